The standard InChI is InChI=1S/C22H26N6OS/c1-13-5-7-17(8-6-13)24-22-26-18(25-21(23)28-22)11-30-12-19(29)27-20-15(3)9-14(2)10-16(20)4/h5-10H,11-12H2,1-4H3,(H,27,29)(H3,23,24,25,26,28). The van der Waals surface area contributed by atoms with E-state index >= 15 is 0 Å². The molecule has 0 saturated heterocycles. The SMILES string of the molecule is Cc1ccc(Nc2nc(N)nc(CSCC(=O)Nc3c(C)cc(C)cc3C)n2)cc1. The minimum absolute atomic E-state index is 0.0601. The van der Waals surface area contributed by atoms with Gasteiger partial charge in [-0.05, 0) is 51.0 Å². The molecule has 3 rings (SSSR count). The first-order chi connectivity index (χ1) is 14.3. The summed E-state index contributed by atoms with van der Waals surface area (Å²) in [5.41, 5.74) is 12.0. The Labute approximate surface area is 180 Å². The van der Waals surface area contributed by atoms with Crippen LogP contribution in [0.3, 0.4) is 0 Å². The second-order valence-electron chi connectivity index (χ2n) is 7.24. The predicted molar refractivity (Wildman–Crippen MR) is 124 cm³/mol. The van der Waals surface area contributed by atoms with E-state index < -0.39 is 0 Å². The van der Waals surface area contributed by atoms with Crippen molar-refractivity contribution in [3.8, 4) is 0 Å². The van der Waals surface area contributed by atoms with Crippen molar-refractivity contribution in [2.45, 2.75) is 33.4 Å². The Morgan fingerprint density at radius 2 is 1.63 bits per heavy atom. The molecule has 0 saturated carbocycles. The van der Waals surface area contributed by atoms with Gasteiger partial charge in [-0.15, -0.1) is 11.8 Å². The highest BCUT2D eigenvalue weighted by Gasteiger charge is 2.10. The van der Waals surface area contributed by atoms with E-state index in [1.807, 2.05) is 52.0 Å². The molecule has 4 N–H and O–H groups in total. The summed E-state index contributed by atoms with van der Waals surface area (Å²) in [6.07, 6.45) is 0. The number of nitrogen functional groups attached to an aromatic ring is 1. The number of aryl methyl sites for hydroxylation is 4. The second kappa shape index (κ2) is 9.58. The third-order valence-corrected chi connectivity index (χ3v) is 5.34. The molecule has 7 nitrogen and oxygen atoms in total. The predicted octanol–water partition coefficient (Wildman–Crippen LogP) is 4.30. The van der Waals surface area contributed by atoms with Crippen LogP contribution in [0.25, 0.3) is 0 Å². The van der Waals surface area contributed by atoms with Gasteiger partial charge in [-0.3, -0.25) is 4.79 Å². The third-order valence-electron chi connectivity index (χ3n) is 4.41. The Bertz CT molecular complexity index is 1030. The van der Waals surface area contributed by atoms with Gasteiger partial charge in [0.2, 0.25) is 17.8 Å². The number of nitrogens with one attached hydrogen (secondary N) is 2. The monoisotopic (exact) mass is 422 g/mol. The molecule has 0 aliphatic heterocycles. The van der Waals surface area contributed by atoms with Crippen molar-refractivity contribution in [2.75, 3.05) is 22.1 Å². The zero-order valence-corrected chi connectivity index (χ0v) is 18.4. The maximum absolute atomic E-state index is 12.4. The molecule has 1 aromatic heterocycles. The van der Waals surface area contributed by atoms with E-state index in [9.17, 15) is 4.79 Å². The van der Waals surface area contributed by atoms with Crippen LogP contribution in [-0.4, -0.2) is 26.6 Å². The number of nitrogens with zero attached hydrogens (tertiary/aromatic N) is 3. The van der Waals surface area contributed by atoms with Crippen LogP contribution < -0.4 is 16.4 Å². The fourth-order valence-corrected chi connectivity index (χ4v) is 3.78. The van der Waals surface area contributed by atoms with Crippen LogP contribution in [0.5, 0.6) is 0 Å². The molecule has 1 heterocycles. The first kappa shape index (κ1) is 21.6. The van der Waals surface area contributed by atoms with Gasteiger partial charge in [0.15, 0.2) is 0 Å². The quantitative estimate of drug-likeness (QED) is 0.521. The lowest BCUT2D eigenvalue weighted by atomic mass is 10.1. The Hall–Kier alpha value is -3.13. The Morgan fingerprint density at radius 1 is 0.967 bits per heavy atom. The number of benzene rings is 2. The zero-order valence-electron chi connectivity index (χ0n) is 17.6. The van der Waals surface area contributed by atoms with Gasteiger partial charge in [-0.2, -0.15) is 15.0 Å². The molecule has 30 heavy (non-hydrogen) atoms. The Morgan fingerprint density at radius 3 is 2.30 bits per heavy atom. The molecule has 3 aromatic rings. The highest BCUT2D eigenvalue weighted by atomic mass is 32.2. The molecule has 8 heteroatoms. The van der Waals surface area contributed by atoms with Crippen molar-refractivity contribution >= 4 is 40.9 Å². The Balaban J connectivity index is 1.57. The largest absolute Gasteiger partial charge is 0.368 e. The van der Waals surface area contributed by atoms with Crippen molar-refractivity contribution in [3.63, 3.8) is 0 Å². The number of carbonyl (C=O) groups is 1. The molecular weight excluding hydrogens is 396 g/mol. The van der Waals surface area contributed by atoms with Crippen LogP contribution in [0, 0.1) is 27.7 Å². The van der Waals surface area contributed by atoms with E-state index in [-0.39, 0.29) is 11.9 Å². The number of hydrogen-bond donors (Lipinski definition) is 3. The molecule has 0 unspecified atom stereocenters. The molecule has 0 aliphatic rings. The highest BCUT2D eigenvalue weighted by Crippen LogP contribution is 2.22. The second-order valence-corrected chi connectivity index (χ2v) is 8.22. The lowest BCUT2D eigenvalue weighted by Crippen LogP contribution is -2.16. The number of hydrogen-bond acceptors (Lipinski definition) is 7. The molecule has 0 fully saturated rings. The molecule has 2 aromatic carbocycles. The van der Waals surface area contributed by atoms with Gasteiger partial charge in [0.1, 0.15) is 5.82 Å². The smallest absolute Gasteiger partial charge is 0.234 e. The molecule has 0 spiro atoms. The maximum atomic E-state index is 12.4. The fourth-order valence-electron chi connectivity index (χ4n) is 3.11. The molecule has 1 amide bonds. The lowest BCUT2D eigenvalue weighted by molar-refractivity contribution is -0.113. The first-order valence-corrected chi connectivity index (χ1v) is 10.7. The molecule has 156 valence electrons. The van der Waals surface area contributed by atoms with Crippen LogP contribution >= 0.6 is 11.8 Å². The van der Waals surface area contributed by atoms with Crippen LogP contribution in [0.15, 0.2) is 36.4 Å². The van der Waals surface area contributed by atoms with E-state index in [0.717, 1.165) is 22.5 Å². The van der Waals surface area contributed by atoms with Crippen LogP contribution in [0.1, 0.15) is 28.1 Å². The molecule has 0 bridgehead atoms. The van der Waals surface area contributed by atoms with Gasteiger partial charge >= 0.3 is 0 Å². The van der Waals surface area contributed by atoms with E-state index in [2.05, 4.69) is 37.7 Å². The summed E-state index contributed by atoms with van der Waals surface area (Å²) in [6.45, 7) is 8.07. The Kier molecular flexibility index (Phi) is 6.89. The topological polar surface area (TPSA) is 106 Å². The number of carbonyl (C=O) groups excluding carboxylic acids is 1. The fraction of sp³-hybridized carbons (Fsp3) is 0.273. The summed E-state index contributed by atoms with van der Waals surface area (Å²) in [5, 5.41) is 6.13. The summed E-state index contributed by atoms with van der Waals surface area (Å²) >= 11 is 1.43. The summed E-state index contributed by atoms with van der Waals surface area (Å²) in [6, 6.07) is 12.0. The molecule has 0 atom stereocenters. The van der Waals surface area contributed by atoms with E-state index in [0.29, 0.717) is 23.3 Å². The normalized spacial score (nSPS) is 10.7. The van der Waals surface area contributed by atoms with Crippen LogP contribution in [0.2, 0.25) is 0 Å². The van der Waals surface area contributed by atoms with Gasteiger partial charge < -0.3 is 16.4 Å². The van der Waals surface area contributed by atoms with Crippen molar-refractivity contribution in [1.82, 2.24) is 15.0 Å². The third kappa shape index (κ3) is 5.93. The summed E-state index contributed by atoms with van der Waals surface area (Å²) in [7, 11) is 0. The molecule has 0 radical (unpaired) electrons. The lowest BCUT2D eigenvalue weighted by Gasteiger charge is -2.12. The number of aromatic nitrogens is 3. The summed E-state index contributed by atoms with van der Waals surface area (Å²) < 4.78 is 0. The molecular formula is C22H26N6OS. The van der Waals surface area contributed by atoms with E-state index in [1.54, 1.807) is 0 Å². The maximum Gasteiger partial charge on any atom is 0.234 e. The molecule has 0 aliphatic carbocycles. The summed E-state index contributed by atoms with van der Waals surface area (Å²) in [5.74, 6) is 1.74. The first-order valence-electron chi connectivity index (χ1n) is 9.59. The zero-order chi connectivity index (χ0) is 21.7. The number of rotatable bonds is 7. The van der Waals surface area contributed by atoms with Crippen molar-refractivity contribution in [2.24, 2.45) is 0 Å². The number of amides is 1. The van der Waals surface area contributed by atoms with Gasteiger partial charge in [0.05, 0.1) is 11.5 Å². The number of nitrogens with two attached hydrogens (primary N) is 1. The average Bonchev–Trinajstić information content (AvgIpc) is 2.66. The van der Waals surface area contributed by atoms with E-state index in [4.69, 9.17) is 5.73 Å². The highest BCUT2D eigenvalue weighted by molar-refractivity contribution is 7.99. The number of anilines is 4. The van der Waals surface area contributed by atoms with Gasteiger partial charge in [0.25, 0.3) is 0 Å². The van der Waals surface area contributed by atoms with Crippen molar-refractivity contribution in [1.29, 1.82) is 0 Å². The van der Waals surface area contributed by atoms with Gasteiger partial charge in [-0.1, -0.05) is 35.4 Å². The van der Waals surface area contributed by atoms with Crippen molar-refractivity contribution < 1.29 is 4.79 Å². The van der Waals surface area contributed by atoms with Crippen LogP contribution in [0.4, 0.5) is 23.3 Å². The van der Waals surface area contributed by atoms with E-state index in [1.165, 1.54) is 22.9 Å². The minimum Gasteiger partial charge on any atom is -0.368 e. The summed E-state index contributed by atoms with van der Waals surface area (Å²) in [4.78, 5) is 25.1. The van der Waals surface area contributed by atoms with Gasteiger partial charge in [-0.25, -0.2) is 0 Å². The average molecular weight is 423 g/mol. The number of thioether (sulfide) groups is 1. The van der Waals surface area contributed by atoms with Gasteiger partial charge in [0, 0.05) is 11.4 Å². The van der Waals surface area contributed by atoms with Crippen molar-refractivity contribution in [3.05, 3.63) is 64.5 Å². The minimum atomic E-state index is -0.0601. The van der Waals surface area contributed by atoms with Crippen LogP contribution in [-0.2, 0) is 10.5 Å².